The van der Waals surface area contributed by atoms with Gasteiger partial charge in [0.2, 0.25) is 11.8 Å². The molecule has 6 heteroatoms. The normalized spacial score (nSPS) is 10.6. The van der Waals surface area contributed by atoms with E-state index in [4.69, 9.17) is 5.73 Å². The summed E-state index contributed by atoms with van der Waals surface area (Å²) in [5.74, 6) is -0.655. The van der Waals surface area contributed by atoms with Crippen LogP contribution in [0.1, 0.15) is 11.3 Å². The Kier molecular flexibility index (Phi) is 5.21. The van der Waals surface area contributed by atoms with Crippen molar-refractivity contribution in [3.05, 3.63) is 26.9 Å². The molecular weight excluding hydrogens is 292 g/mol. The van der Waals surface area contributed by atoms with Gasteiger partial charge in [0.15, 0.2) is 0 Å². The molecule has 0 radical (unpaired) electrons. The maximum Gasteiger partial charge on any atom is 0.244 e. The van der Waals surface area contributed by atoms with Crippen LogP contribution in [0.4, 0.5) is 0 Å². The monoisotopic (exact) mass is 302 g/mol. The summed E-state index contributed by atoms with van der Waals surface area (Å²) in [4.78, 5) is 22.6. The molecule has 0 saturated heterocycles. The number of rotatable bonds is 5. The van der Waals surface area contributed by atoms with E-state index < -0.39 is 5.91 Å². The zero-order valence-corrected chi connectivity index (χ0v) is 10.8. The third-order valence-electron chi connectivity index (χ3n) is 1.66. The Labute approximate surface area is 106 Å². The number of thiophene rings is 1. The van der Waals surface area contributed by atoms with Crippen LogP contribution in [0.15, 0.2) is 22.0 Å². The first-order valence-electron chi connectivity index (χ1n) is 4.56. The topological polar surface area (TPSA) is 72.2 Å². The maximum absolute atomic E-state index is 11.2. The highest BCUT2D eigenvalue weighted by molar-refractivity contribution is 9.10. The summed E-state index contributed by atoms with van der Waals surface area (Å²) in [6.45, 7) is 0.270. The van der Waals surface area contributed by atoms with Gasteiger partial charge in [-0.1, -0.05) is 0 Å². The molecule has 3 N–H and O–H groups in total. The van der Waals surface area contributed by atoms with Crippen LogP contribution in [0, 0.1) is 0 Å². The van der Waals surface area contributed by atoms with Gasteiger partial charge in [-0.25, -0.2) is 0 Å². The predicted molar refractivity (Wildman–Crippen MR) is 67.9 cm³/mol. The van der Waals surface area contributed by atoms with Gasteiger partial charge in [0.05, 0.1) is 0 Å². The highest BCUT2D eigenvalue weighted by atomic mass is 79.9. The van der Waals surface area contributed by atoms with E-state index in [0.717, 1.165) is 9.35 Å². The molecule has 0 aliphatic rings. The summed E-state index contributed by atoms with van der Waals surface area (Å²) in [6.07, 6.45) is 3.30. The first kappa shape index (κ1) is 12.9. The van der Waals surface area contributed by atoms with Gasteiger partial charge in [0.1, 0.15) is 0 Å². The Hall–Kier alpha value is -1.14. The third-order valence-corrected chi connectivity index (χ3v) is 3.32. The molecule has 0 atom stereocenters. The maximum atomic E-state index is 11.2. The van der Waals surface area contributed by atoms with E-state index in [1.807, 2.05) is 11.4 Å². The van der Waals surface area contributed by atoms with Crippen molar-refractivity contribution in [3.63, 3.8) is 0 Å². The number of nitrogens with two attached hydrogens (primary N) is 1. The Balaban J connectivity index is 2.34. The van der Waals surface area contributed by atoms with E-state index in [1.165, 1.54) is 17.4 Å². The fourth-order valence-corrected chi connectivity index (χ4v) is 2.28. The SMILES string of the molecule is NC(=O)CCNC(=O)/C=C/c1cc(Br)cs1. The van der Waals surface area contributed by atoms with Gasteiger partial charge < -0.3 is 11.1 Å². The standard InChI is InChI=1S/C10H11BrN2O2S/c11-7-5-8(16-6-7)1-2-10(15)13-4-3-9(12)14/h1-2,5-6H,3-4H2,(H2,12,14)(H,13,15)/b2-1+. The quantitative estimate of drug-likeness (QED) is 0.809. The number of hydrogen-bond donors (Lipinski definition) is 2. The second kappa shape index (κ2) is 6.44. The number of carbonyl (C=O) groups is 2. The van der Waals surface area contributed by atoms with E-state index in [1.54, 1.807) is 6.08 Å². The number of nitrogens with one attached hydrogen (secondary N) is 1. The molecule has 1 aromatic heterocycles. The van der Waals surface area contributed by atoms with Crippen molar-refractivity contribution in [2.75, 3.05) is 6.54 Å². The molecule has 0 saturated carbocycles. The molecule has 86 valence electrons. The highest BCUT2D eigenvalue weighted by Gasteiger charge is 1.98. The lowest BCUT2D eigenvalue weighted by Crippen LogP contribution is -2.26. The average Bonchev–Trinajstić information content (AvgIpc) is 2.61. The first-order valence-corrected chi connectivity index (χ1v) is 6.23. The van der Waals surface area contributed by atoms with Crippen LogP contribution in [0.25, 0.3) is 6.08 Å². The van der Waals surface area contributed by atoms with Crippen LogP contribution >= 0.6 is 27.3 Å². The highest BCUT2D eigenvalue weighted by Crippen LogP contribution is 2.20. The second-order valence-corrected chi connectivity index (χ2v) is 4.87. The molecular formula is C10H11BrN2O2S. The minimum absolute atomic E-state index is 0.157. The molecule has 0 fully saturated rings. The van der Waals surface area contributed by atoms with Gasteiger partial charge in [0.25, 0.3) is 0 Å². The molecule has 4 nitrogen and oxygen atoms in total. The van der Waals surface area contributed by atoms with Gasteiger partial charge in [-0.05, 0) is 28.1 Å². The largest absolute Gasteiger partial charge is 0.370 e. The van der Waals surface area contributed by atoms with Crippen LogP contribution in [0.2, 0.25) is 0 Å². The summed E-state index contributed by atoms with van der Waals surface area (Å²) in [5, 5.41) is 4.49. The first-order chi connectivity index (χ1) is 7.58. The van der Waals surface area contributed by atoms with Crippen molar-refractivity contribution in [3.8, 4) is 0 Å². The molecule has 16 heavy (non-hydrogen) atoms. The molecule has 2 amide bonds. The lowest BCUT2D eigenvalue weighted by Gasteiger charge is -1.98. The van der Waals surface area contributed by atoms with E-state index in [2.05, 4.69) is 21.2 Å². The average molecular weight is 303 g/mol. The minimum Gasteiger partial charge on any atom is -0.370 e. The number of primary amides is 1. The molecule has 1 aromatic rings. The third kappa shape index (κ3) is 5.09. The lowest BCUT2D eigenvalue weighted by atomic mass is 10.3. The fraction of sp³-hybridized carbons (Fsp3) is 0.200. The van der Waals surface area contributed by atoms with Crippen molar-refractivity contribution < 1.29 is 9.59 Å². The van der Waals surface area contributed by atoms with Crippen LogP contribution in [0.5, 0.6) is 0 Å². The van der Waals surface area contributed by atoms with Gasteiger partial charge in [-0.2, -0.15) is 0 Å². The van der Waals surface area contributed by atoms with Crippen LogP contribution < -0.4 is 11.1 Å². The Morgan fingerprint density at radius 2 is 2.31 bits per heavy atom. The molecule has 0 aliphatic heterocycles. The van der Waals surface area contributed by atoms with Crippen LogP contribution in [-0.2, 0) is 9.59 Å². The van der Waals surface area contributed by atoms with Gasteiger partial charge in [-0.15, -0.1) is 11.3 Å². The number of amides is 2. The summed E-state index contributed by atoms with van der Waals surface area (Å²) in [7, 11) is 0. The molecule has 0 aliphatic carbocycles. The number of hydrogen-bond acceptors (Lipinski definition) is 3. The Morgan fingerprint density at radius 1 is 1.56 bits per heavy atom. The van der Waals surface area contributed by atoms with Crippen LogP contribution in [-0.4, -0.2) is 18.4 Å². The molecule has 0 bridgehead atoms. The summed E-state index contributed by atoms with van der Waals surface area (Å²) in [5.41, 5.74) is 4.93. The van der Waals surface area contributed by atoms with Crippen molar-refractivity contribution in [2.45, 2.75) is 6.42 Å². The number of carbonyl (C=O) groups excluding carboxylic acids is 2. The summed E-state index contributed by atoms with van der Waals surface area (Å²) in [6, 6.07) is 1.91. The van der Waals surface area contributed by atoms with Crippen molar-refractivity contribution >= 4 is 45.2 Å². The van der Waals surface area contributed by atoms with Gasteiger partial charge >= 0.3 is 0 Å². The molecule has 1 heterocycles. The van der Waals surface area contributed by atoms with E-state index >= 15 is 0 Å². The second-order valence-electron chi connectivity index (χ2n) is 3.01. The van der Waals surface area contributed by atoms with E-state index in [-0.39, 0.29) is 18.9 Å². The van der Waals surface area contributed by atoms with E-state index in [9.17, 15) is 9.59 Å². The van der Waals surface area contributed by atoms with Crippen molar-refractivity contribution in [1.82, 2.24) is 5.32 Å². The summed E-state index contributed by atoms with van der Waals surface area (Å²) >= 11 is 4.85. The van der Waals surface area contributed by atoms with Gasteiger partial charge in [-0.3, -0.25) is 9.59 Å². The smallest absolute Gasteiger partial charge is 0.244 e. The Morgan fingerprint density at radius 3 is 2.88 bits per heavy atom. The zero-order valence-electron chi connectivity index (χ0n) is 8.40. The lowest BCUT2D eigenvalue weighted by molar-refractivity contribution is -0.118. The van der Waals surface area contributed by atoms with Crippen LogP contribution in [0.3, 0.4) is 0 Å². The van der Waals surface area contributed by atoms with Gasteiger partial charge in [0, 0.05) is 33.8 Å². The predicted octanol–water partition coefficient (Wildman–Crippen LogP) is 1.52. The van der Waals surface area contributed by atoms with E-state index in [0.29, 0.717) is 0 Å². The fourth-order valence-electron chi connectivity index (χ4n) is 0.941. The van der Waals surface area contributed by atoms with Crippen molar-refractivity contribution in [1.29, 1.82) is 0 Å². The minimum atomic E-state index is -0.425. The van der Waals surface area contributed by atoms with Crippen molar-refractivity contribution in [2.24, 2.45) is 5.73 Å². The molecule has 0 spiro atoms. The molecule has 0 unspecified atom stereocenters. The number of halogens is 1. The molecule has 1 rings (SSSR count). The zero-order chi connectivity index (χ0) is 12.0. The molecule has 0 aromatic carbocycles. The Bertz CT molecular complexity index is 415. The summed E-state index contributed by atoms with van der Waals surface area (Å²) < 4.78 is 0.992.